The predicted octanol–water partition coefficient (Wildman–Crippen LogP) is 2.65. The first-order valence-electron chi connectivity index (χ1n) is 8.19. The first-order valence-corrected chi connectivity index (χ1v) is 8.19. The van der Waals surface area contributed by atoms with Crippen LogP contribution in [0.5, 0.6) is 5.75 Å². The van der Waals surface area contributed by atoms with Gasteiger partial charge in [0, 0.05) is 0 Å². The number of nitrogens with one attached hydrogen (secondary N) is 2. The molecule has 10 nitrogen and oxygen atoms in total. The Bertz CT molecular complexity index is 941. The Hall–Kier alpha value is -3.27. The van der Waals surface area contributed by atoms with E-state index in [0.29, 0.717) is 36.1 Å². The first kappa shape index (κ1) is 16.2. The summed E-state index contributed by atoms with van der Waals surface area (Å²) in [5.74, 6) is 1.69. The molecule has 134 valence electrons. The first-order chi connectivity index (χ1) is 12.8. The molecule has 4 rings (SSSR count). The van der Waals surface area contributed by atoms with Crippen LogP contribution in [0.2, 0.25) is 0 Å². The number of methoxy groups -OCH3 is 1. The van der Waals surface area contributed by atoms with Crippen molar-refractivity contribution in [3.63, 3.8) is 0 Å². The highest BCUT2D eigenvalue weighted by molar-refractivity contribution is 5.83. The van der Waals surface area contributed by atoms with E-state index in [1.807, 2.05) is 31.2 Å². The van der Waals surface area contributed by atoms with E-state index in [2.05, 4.69) is 35.8 Å². The molecule has 0 spiro atoms. The molecule has 3 heterocycles. The van der Waals surface area contributed by atoms with Gasteiger partial charge in [0.05, 0.1) is 26.6 Å². The van der Waals surface area contributed by atoms with Gasteiger partial charge in [0.25, 0.3) is 5.95 Å². The number of imidazole rings is 1. The Morgan fingerprint density at radius 3 is 3.12 bits per heavy atom. The van der Waals surface area contributed by atoms with E-state index in [1.54, 1.807) is 18.4 Å². The number of nitrogens with zero attached hydrogens (tertiary/aromatic N) is 6. The maximum absolute atomic E-state index is 5.27. The van der Waals surface area contributed by atoms with E-state index in [0.717, 1.165) is 11.3 Å². The number of H-pyrrole nitrogens is 1. The summed E-state index contributed by atoms with van der Waals surface area (Å²) in [4.78, 5) is 21.4. The average molecular weight is 354 g/mol. The van der Waals surface area contributed by atoms with Crippen LogP contribution in [0.1, 0.15) is 18.5 Å². The second-order valence-electron chi connectivity index (χ2n) is 5.59. The van der Waals surface area contributed by atoms with Gasteiger partial charge in [-0.05, 0) is 24.6 Å². The lowest BCUT2D eigenvalue weighted by atomic mass is 10.1. The smallest absolute Gasteiger partial charge is 0.251 e. The summed E-state index contributed by atoms with van der Waals surface area (Å²) in [5, 5.41) is 10.2. The van der Waals surface area contributed by atoms with Crippen LogP contribution in [0.15, 0.2) is 40.9 Å². The lowest BCUT2D eigenvalue weighted by Crippen LogP contribution is -2.19. The number of aromatic nitrogens is 4. The molecule has 0 aliphatic carbocycles. The zero-order chi connectivity index (χ0) is 17.9. The molecule has 2 N–H and O–H groups in total. The van der Waals surface area contributed by atoms with Gasteiger partial charge in [-0.15, -0.1) is 0 Å². The van der Waals surface area contributed by atoms with Crippen molar-refractivity contribution in [1.82, 2.24) is 19.9 Å². The zero-order valence-corrected chi connectivity index (χ0v) is 14.4. The molecule has 0 saturated heterocycles. The molecule has 1 unspecified atom stereocenters. The Balaban J connectivity index is 1.59. The van der Waals surface area contributed by atoms with E-state index in [1.165, 1.54) is 0 Å². The minimum absolute atomic E-state index is 0.119. The van der Waals surface area contributed by atoms with Gasteiger partial charge in [0.15, 0.2) is 11.5 Å². The molecule has 0 radical (unpaired) electrons. The summed E-state index contributed by atoms with van der Waals surface area (Å²) in [6.45, 7) is 2.90. The van der Waals surface area contributed by atoms with Gasteiger partial charge in [-0.1, -0.05) is 17.4 Å². The highest BCUT2D eigenvalue weighted by Crippen LogP contribution is 2.30. The largest absolute Gasteiger partial charge is 0.497 e. The van der Waals surface area contributed by atoms with Crippen LogP contribution < -0.4 is 15.2 Å². The standard InChI is InChI=1S/C16H18N8O2/c1-3-26-22-15-13-14(18-9-17-13)19-16(20-15)24-8-12(21-23-24)10-5-4-6-11(7-10)25-2/h4-7,9,12H,3,8H2,1-2H3,(H2,17,18,19,20,22). The number of benzene rings is 1. The third kappa shape index (κ3) is 3.02. The average Bonchev–Trinajstić information content (AvgIpc) is 3.35. The molecule has 1 aliphatic rings. The highest BCUT2D eigenvalue weighted by atomic mass is 16.6. The number of ether oxygens (including phenoxy) is 1. The normalized spacial score (nSPS) is 16.4. The third-order valence-corrected chi connectivity index (χ3v) is 3.94. The molecule has 10 heteroatoms. The summed E-state index contributed by atoms with van der Waals surface area (Å²) >= 11 is 0. The lowest BCUT2D eigenvalue weighted by molar-refractivity contribution is 0.209. The Morgan fingerprint density at radius 2 is 2.27 bits per heavy atom. The predicted molar refractivity (Wildman–Crippen MR) is 94.9 cm³/mol. The fourth-order valence-electron chi connectivity index (χ4n) is 2.66. The Kier molecular flexibility index (Phi) is 4.32. The van der Waals surface area contributed by atoms with Gasteiger partial charge in [-0.25, -0.2) is 15.5 Å². The Labute approximate surface area is 149 Å². The molecule has 0 bridgehead atoms. The van der Waals surface area contributed by atoms with Crippen molar-refractivity contribution in [2.24, 2.45) is 10.3 Å². The van der Waals surface area contributed by atoms with Crippen LogP contribution in [0.4, 0.5) is 11.8 Å². The summed E-state index contributed by atoms with van der Waals surface area (Å²) in [7, 11) is 1.64. The lowest BCUT2D eigenvalue weighted by Gasteiger charge is -2.14. The number of hydrogen-bond donors (Lipinski definition) is 2. The van der Waals surface area contributed by atoms with Gasteiger partial charge in [-0.3, -0.25) is 4.84 Å². The number of rotatable bonds is 6. The second-order valence-corrected chi connectivity index (χ2v) is 5.59. The molecule has 0 saturated carbocycles. The third-order valence-electron chi connectivity index (χ3n) is 3.94. The summed E-state index contributed by atoms with van der Waals surface area (Å²) in [6, 6.07) is 7.66. The quantitative estimate of drug-likeness (QED) is 0.654. The monoisotopic (exact) mass is 354 g/mol. The van der Waals surface area contributed by atoms with Crippen LogP contribution in [-0.4, -0.2) is 40.2 Å². The Morgan fingerprint density at radius 1 is 1.35 bits per heavy atom. The minimum atomic E-state index is -0.119. The van der Waals surface area contributed by atoms with Gasteiger partial charge in [0.2, 0.25) is 0 Å². The van der Waals surface area contributed by atoms with E-state index in [-0.39, 0.29) is 6.04 Å². The van der Waals surface area contributed by atoms with Crippen LogP contribution in [0.3, 0.4) is 0 Å². The molecular formula is C16H18N8O2. The van der Waals surface area contributed by atoms with Crippen molar-refractivity contribution in [2.75, 3.05) is 30.8 Å². The molecule has 0 amide bonds. The molecule has 26 heavy (non-hydrogen) atoms. The van der Waals surface area contributed by atoms with Crippen LogP contribution in [0, 0.1) is 0 Å². The number of fused-ring (bicyclic) bond motifs is 1. The van der Waals surface area contributed by atoms with Crippen molar-refractivity contribution in [1.29, 1.82) is 0 Å². The van der Waals surface area contributed by atoms with Gasteiger partial charge >= 0.3 is 0 Å². The zero-order valence-electron chi connectivity index (χ0n) is 14.4. The van der Waals surface area contributed by atoms with Crippen molar-refractivity contribution in [3.8, 4) is 5.75 Å². The summed E-state index contributed by atoms with van der Waals surface area (Å²) in [5.41, 5.74) is 5.02. The molecular weight excluding hydrogens is 336 g/mol. The van der Waals surface area contributed by atoms with Gasteiger partial charge < -0.3 is 9.72 Å². The second kappa shape index (κ2) is 6.92. The van der Waals surface area contributed by atoms with Gasteiger partial charge in [0.1, 0.15) is 17.3 Å². The van der Waals surface area contributed by atoms with E-state index >= 15 is 0 Å². The van der Waals surface area contributed by atoms with Crippen molar-refractivity contribution >= 4 is 22.9 Å². The molecule has 1 aliphatic heterocycles. The van der Waals surface area contributed by atoms with E-state index in [4.69, 9.17) is 9.57 Å². The maximum atomic E-state index is 5.27. The molecule has 2 aromatic heterocycles. The molecule has 1 aromatic carbocycles. The molecule has 3 aromatic rings. The SMILES string of the molecule is CCONc1nc(N2CC(c3cccc(OC)c3)N=N2)nc2nc[nH]c12. The van der Waals surface area contributed by atoms with Crippen LogP contribution in [-0.2, 0) is 4.84 Å². The number of aromatic amines is 1. The van der Waals surface area contributed by atoms with Crippen molar-refractivity contribution in [2.45, 2.75) is 13.0 Å². The maximum Gasteiger partial charge on any atom is 0.251 e. The van der Waals surface area contributed by atoms with Gasteiger partial charge in [-0.2, -0.15) is 15.1 Å². The molecule has 0 fully saturated rings. The summed E-state index contributed by atoms with van der Waals surface area (Å²) < 4.78 is 5.27. The van der Waals surface area contributed by atoms with Crippen molar-refractivity contribution < 1.29 is 9.57 Å². The number of hydrogen-bond acceptors (Lipinski definition) is 9. The van der Waals surface area contributed by atoms with Crippen LogP contribution in [0.25, 0.3) is 11.2 Å². The fraction of sp³-hybridized carbons (Fsp3) is 0.312. The minimum Gasteiger partial charge on any atom is -0.497 e. The fourth-order valence-corrected chi connectivity index (χ4v) is 2.66. The summed E-state index contributed by atoms with van der Waals surface area (Å²) in [6.07, 6.45) is 1.56. The topological polar surface area (TPSA) is 113 Å². The van der Waals surface area contributed by atoms with E-state index in [9.17, 15) is 0 Å². The van der Waals surface area contributed by atoms with E-state index < -0.39 is 0 Å². The highest BCUT2D eigenvalue weighted by Gasteiger charge is 2.25. The molecule has 1 atom stereocenters. The van der Waals surface area contributed by atoms with Crippen molar-refractivity contribution in [3.05, 3.63) is 36.2 Å². The number of anilines is 2. The van der Waals surface area contributed by atoms with Crippen LogP contribution >= 0.6 is 0 Å².